The topological polar surface area (TPSA) is 81.2 Å². The highest BCUT2D eigenvalue weighted by atomic mass is 79.9. The molecule has 0 amide bonds. The van der Waals surface area contributed by atoms with Crippen LogP contribution in [0.25, 0.3) is 0 Å². The van der Waals surface area contributed by atoms with Crippen LogP contribution >= 0.6 is 15.9 Å². The number of nitro groups is 1. The normalized spacial score (nSPS) is 10.3. The molecule has 0 saturated carbocycles. The van der Waals surface area contributed by atoms with Gasteiger partial charge in [-0.05, 0) is 0 Å². The maximum absolute atomic E-state index is 10.4. The standard InChI is InChI=1S/C6H8BrN3O3/c7-1-2-9-6(4-11)5(3-8-9)10(12)13/h3,11H,1-2,4H2. The van der Waals surface area contributed by atoms with E-state index < -0.39 is 4.92 Å². The highest BCUT2D eigenvalue weighted by molar-refractivity contribution is 9.09. The number of nitrogens with zero attached hydrogens (tertiary/aromatic N) is 3. The zero-order valence-corrected chi connectivity index (χ0v) is 8.27. The SMILES string of the molecule is O=[N+]([O-])c1cnn(CCBr)c1CO. The molecule has 1 N–H and O–H groups in total. The first-order valence-electron chi connectivity index (χ1n) is 3.56. The molecule has 0 spiro atoms. The van der Waals surface area contributed by atoms with E-state index in [-0.39, 0.29) is 18.0 Å². The van der Waals surface area contributed by atoms with Crippen molar-refractivity contribution in [2.45, 2.75) is 13.2 Å². The van der Waals surface area contributed by atoms with E-state index in [4.69, 9.17) is 5.11 Å². The van der Waals surface area contributed by atoms with Gasteiger partial charge in [0.15, 0.2) is 0 Å². The molecule has 6 nitrogen and oxygen atoms in total. The van der Waals surface area contributed by atoms with Gasteiger partial charge in [-0.25, -0.2) is 0 Å². The third kappa shape index (κ3) is 2.04. The molecule has 0 bridgehead atoms. The average molecular weight is 250 g/mol. The number of aliphatic hydroxyl groups is 1. The highest BCUT2D eigenvalue weighted by Gasteiger charge is 2.18. The molecule has 13 heavy (non-hydrogen) atoms. The predicted octanol–water partition coefficient (Wildman–Crippen LogP) is 0.678. The molecule has 7 heteroatoms. The average Bonchev–Trinajstić information content (AvgIpc) is 2.48. The van der Waals surface area contributed by atoms with Crippen molar-refractivity contribution in [1.29, 1.82) is 0 Å². The van der Waals surface area contributed by atoms with Gasteiger partial charge in [0.1, 0.15) is 11.9 Å². The van der Waals surface area contributed by atoms with Gasteiger partial charge in [-0.15, -0.1) is 0 Å². The second kappa shape index (κ2) is 4.33. The van der Waals surface area contributed by atoms with Gasteiger partial charge in [0.2, 0.25) is 0 Å². The van der Waals surface area contributed by atoms with E-state index in [9.17, 15) is 10.1 Å². The fraction of sp³-hybridized carbons (Fsp3) is 0.500. The molecule has 1 rings (SSSR count). The van der Waals surface area contributed by atoms with Crippen molar-refractivity contribution in [2.75, 3.05) is 5.33 Å². The van der Waals surface area contributed by atoms with Crippen LogP contribution in [-0.2, 0) is 13.2 Å². The Labute approximate surface area is 82.4 Å². The van der Waals surface area contributed by atoms with Gasteiger partial charge in [-0.2, -0.15) is 5.10 Å². The van der Waals surface area contributed by atoms with Gasteiger partial charge in [-0.3, -0.25) is 14.8 Å². The second-order valence-electron chi connectivity index (χ2n) is 2.30. The van der Waals surface area contributed by atoms with Crippen molar-refractivity contribution in [3.05, 3.63) is 22.0 Å². The van der Waals surface area contributed by atoms with Crippen LogP contribution in [0.5, 0.6) is 0 Å². The summed E-state index contributed by atoms with van der Waals surface area (Å²) in [5.41, 5.74) is 0.105. The smallest absolute Gasteiger partial charge is 0.312 e. The molecule has 1 aromatic heterocycles. The molecule has 0 unspecified atom stereocenters. The number of hydrogen-bond donors (Lipinski definition) is 1. The van der Waals surface area contributed by atoms with Gasteiger partial charge in [-0.1, -0.05) is 15.9 Å². The quantitative estimate of drug-likeness (QED) is 0.484. The number of rotatable bonds is 4. The number of hydrogen-bond acceptors (Lipinski definition) is 4. The number of aryl methyl sites for hydroxylation is 1. The number of aromatic nitrogens is 2. The molecule has 1 aromatic rings. The molecule has 0 saturated heterocycles. The summed E-state index contributed by atoms with van der Waals surface area (Å²) in [6.07, 6.45) is 1.15. The minimum atomic E-state index is -0.552. The number of aliphatic hydroxyl groups excluding tert-OH is 1. The van der Waals surface area contributed by atoms with E-state index in [1.54, 1.807) is 0 Å². The first-order valence-corrected chi connectivity index (χ1v) is 4.68. The monoisotopic (exact) mass is 249 g/mol. The van der Waals surface area contributed by atoms with Crippen LogP contribution in [0.4, 0.5) is 5.69 Å². The van der Waals surface area contributed by atoms with E-state index in [1.165, 1.54) is 4.68 Å². The van der Waals surface area contributed by atoms with Crippen molar-refractivity contribution < 1.29 is 10.0 Å². The molecule has 0 aliphatic heterocycles. The van der Waals surface area contributed by atoms with Gasteiger partial charge in [0.25, 0.3) is 0 Å². The van der Waals surface area contributed by atoms with Crippen molar-refractivity contribution in [2.24, 2.45) is 0 Å². The summed E-state index contributed by atoms with van der Waals surface area (Å²) in [6, 6.07) is 0. The molecular formula is C6H8BrN3O3. The lowest BCUT2D eigenvalue weighted by atomic mass is 10.4. The van der Waals surface area contributed by atoms with Gasteiger partial charge in [0, 0.05) is 5.33 Å². The van der Waals surface area contributed by atoms with Crippen LogP contribution in [0.2, 0.25) is 0 Å². The van der Waals surface area contributed by atoms with Gasteiger partial charge >= 0.3 is 5.69 Å². The maximum Gasteiger partial charge on any atom is 0.312 e. The minimum absolute atomic E-state index is 0.136. The number of alkyl halides is 1. The second-order valence-corrected chi connectivity index (χ2v) is 3.10. The molecular weight excluding hydrogens is 242 g/mol. The lowest BCUT2D eigenvalue weighted by Gasteiger charge is -2.00. The van der Waals surface area contributed by atoms with Crippen LogP contribution in [0.1, 0.15) is 5.69 Å². The van der Waals surface area contributed by atoms with Crippen molar-refractivity contribution in [3.63, 3.8) is 0 Å². The third-order valence-electron chi connectivity index (χ3n) is 1.57. The Balaban J connectivity index is 3.03. The zero-order chi connectivity index (χ0) is 9.84. The minimum Gasteiger partial charge on any atom is -0.390 e. The fourth-order valence-corrected chi connectivity index (χ4v) is 1.32. The molecule has 0 aromatic carbocycles. The Morgan fingerprint density at radius 2 is 2.46 bits per heavy atom. The summed E-state index contributed by atoms with van der Waals surface area (Å²) >= 11 is 3.18. The largest absolute Gasteiger partial charge is 0.390 e. The fourth-order valence-electron chi connectivity index (χ4n) is 0.989. The lowest BCUT2D eigenvalue weighted by molar-refractivity contribution is -0.386. The maximum atomic E-state index is 10.4. The Morgan fingerprint density at radius 1 is 1.77 bits per heavy atom. The zero-order valence-electron chi connectivity index (χ0n) is 6.68. The number of halogens is 1. The molecule has 0 radical (unpaired) electrons. The molecule has 0 aliphatic carbocycles. The van der Waals surface area contributed by atoms with Crippen molar-refractivity contribution in [1.82, 2.24) is 9.78 Å². The van der Waals surface area contributed by atoms with Crippen LogP contribution < -0.4 is 0 Å². The van der Waals surface area contributed by atoms with E-state index >= 15 is 0 Å². The first-order chi connectivity index (χ1) is 6.20. The van der Waals surface area contributed by atoms with Crippen LogP contribution in [0, 0.1) is 10.1 Å². The summed E-state index contributed by atoms with van der Waals surface area (Å²) in [7, 11) is 0. The van der Waals surface area contributed by atoms with E-state index in [0.29, 0.717) is 11.9 Å². The van der Waals surface area contributed by atoms with Gasteiger partial charge in [0.05, 0.1) is 18.1 Å². The summed E-state index contributed by atoms with van der Waals surface area (Å²) in [6.45, 7) is 0.132. The van der Waals surface area contributed by atoms with Crippen LogP contribution in [0.3, 0.4) is 0 Å². The van der Waals surface area contributed by atoms with Crippen LogP contribution in [0.15, 0.2) is 6.20 Å². The lowest BCUT2D eigenvalue weighted by Crippen LogP contribution is -2.06. The molecule has 72 valence electrons. The molecule has 0 atom stereocenters. The first kappa shape index (κ1) is 10.1. The van der Waals surface area contributed by atoms with E-state index in [0.717, 1.165) is 6.20 Å². The Morgan fingerprint density at radius 3 is 2.92 bits per heavy atom. The molecule has 1 heterocycles. The van der Waals surface area contributed by atoms with Crippen molar-refractivity contribution in [3.8, 4) is 0 Å². The van der Waals surface area contributed by atoms with Crippen LogP contribution in [-0.4, -0.2) is 25.1 Å². The summed E-state index contributed by atoms with van der Waals surface area (Å²) < 4.78 is 1.41. The Kier molecular flexibility index (Phi) is 3.38. The van der Waals surface area contributed by atoms with E-state index in [2.05, 4.69) is 21.0 Å². The van der Waals surface area contributed by atoms with Crippen molar-refractivity contribution >= 4 is 21.6 Å². The Hall–Kier alpha value is -0.950. The highest BCUT2D eigenvalue weighted by Crippen LogP contribution is 2.17. The predicted molar refractivity (Wildman–Crippen MR) is 48.6 cm³/mol. The van der Waals surface area contributed by atoms with E-state index in [1.807, 2.05) is 0 Å². The Bertz CT molecular complexity index is 312. The summed E-state index contributed by atoms with van der Waals surface area (Å²) in [5.74, 6) is 0. The van der Waals surface area contributed by atoms with Gasteiger partial charge < -0.3 is 5.11 Å². The summed E-state index contributed by atoms with van der Waals surface area (Å²) in [5, 5.41) is 23.7. The molecule has 0 aliphatic rings. The third-order valence-corrected chi connectivity index (χ3v) is 1.92. The summed E-state index contributed by atoms with van der Waals surface area (Å²) in [4.78, 5) is 9.88. The molecule has 0 fully saturated rings.